The van der Waals surface area contributed by atoms with Gasteiger partial charge < -0.3 is 0 Å². The van der Waals surface area contributed by atoms with Crippen molar-refractivity contribution in [3.8, 4) is 0 Å². The number of fused-ring (bicyclic) bond motifs is 2. The van der Waals surface area contributed by atoms with Crippen LogP contribution < -0.4 is 0 Å². The fraction of sp³-hybridized carbons (Fsp3) is 0. The predicted octanol–water partition coefficient (Wildman–Crippen LogP) is 5.52. The first-order chi connectivity index (χ1) is 7.72. The van der Waals surface area contributed by atoms with E-state index in [1.54, 1.807) is 0 Å². The van der Waals surface area contributed by atoms with E-state index in [0.717, 1.165) is 8.95 Å². The third kappa shape index (κ3) is 1.76. The van der Waals surface area contributed by atoms with Gasteiger partial charge in [0.05, 0.1) is 0 Å². The number of hydrogen-bond acceptors (Lipinski definition) is 0. The average Bonchev–Trinajstić information content (AvgIpc) is 2.26. The van der Waals surface area contributed by atoms with Crippen molar-refractivity contribution in [2.75, 3.05) is 0 Å². The van der Waals surface area contributed by atoms with Gasteiger partial charge in [0, 0.05) is 8.95 Å². The van der Waals surface area contributed by atoms with Gasteiger partial charge in [-0.1, -0.05) is 44.0 Å². The minimum Gasteiger partial charge on any atom is -0.0532 e. The smallest absolute Gasteiger partial charge is 0.0181 e. The van der Waals surface area contributed by atoms with Crippen molar-refractivity contribution in [3.63, 3.8) is 0 Å². The van der Waals surface area contributed by atoms with Crippen LogP contribution in [-0.4, -0.2) is 0 Å². The van der Waals surface area contributed by atoms with Crippen LogP contribution in [0.15, 0.2) is 57.5 Å². The molecule has 0 fully saturated rings. The molecule has 0 unspecified atom stereocenters. The Kier molecular flexibility index (Phi) is 2.49. The summed E-state index contributed by atoms with van der Waals surface area (Å²) in [6.45, 7) is 0. The third-order valence-corrected chi connectivity index (χ3v) is 3.71. The number of halogens is 2. The SMILES string of the molecule is Brc1ccc2cc3cc(Br)ccc3cc2c1. The second kappa shape index (κ2) is 3.86. The topological polar surface area (TPSA) is 0 Å². The molecule has 0 N–H and O–H groups in total. The standard InChI is InChI=1S/C14H8Br2/c15-13-3-1-9-5-12-8-14(16)4-2-10(12)6-11(9)7-13/h1-8H. The quantitative estimate of drug-likeness (QED) is 0.474. The van der Waals surface area contributed by atoms with Crippen LogP contribution in [0.3, 0.4) is 0 Å². The maximum atomic E-state index is 3.50. The highest BCUT2D eigenvalue weighted by Gasteiger charge is 1.99. The molecule has 0 nitrogen and oxygen atoms in total. The second-order valence-corrected chi connectivity index (χ2v) is 5.67. The lowest BCUT2D eigenvalue weighted by molar-refractivity contribution is 1.70. The van der Waals surface area contributed by atoms with Gasteiger partial charge >= 0.3 is 0 Å². The summed E-state index contributed by atoms with van der Waals surface area (Å²) in [4.78, 5) is 0. The Labute approximate surface area is 111 Å². The van der Waals surface area contributed by atoms with Crippen molar-refractivity contribution in [3.05, 3.63) is 57.5 Å². The summed E-state index contributed by atoms with van der Waals surface area (Å²) < 4.78 is 2.24. The molecular weight excluding hydrogens is 328 g/mol. The van der Waals surface area contributed by atoms with Gasteiger partial charge in [-0.2, -0.15) is 0 Å². The van der Waals surface area contributed by atoms with Gasteiger partial charge in [0.2, 0.25) is 0 Å². The highest BCUT2D eigenvalue weighted by atomic mass is 79.9. The molecule has 0 amide bonds. The number of benzene rings is 3. The molecule has 0 bridgehead atoms. The van der Waals surface area contributed by atoms with Gasteiger partial charge in [-0.3, -0.25) is 0 Å². The molecule has 0 aliphatic heterocycles. The Hall–Kier alpha value is -0.860. The molecule has 0 atom stereocenters. The first-order valence-electron chi connectivity index (χ1n) is 5.01. The Bertz CT molecular complexity index is 625. The molecule has 3 rings (SSSR count). The summed E-state index contributed by atoms with van der Waals surface area (Å²) in [5.41, 5.74) is 0. The zero-order valence-electron chi connectivity index (χ0n) is 8.37. The monoisotopic (exact) mass is 334 g/mol. The third-order valence-electron chi connectivity index (χ3n) is 2.72. The summed E-state index contributed by atoms with van der Waals surface area (Å²) in [5, 5.41) is 5.08. The zero-order chi connectivity index (χ0) is 11.1. The van der Waals surface area contributed by atoms with Gasteiger partial charge in [-0.05, 0) is 57.9 Å². The molecule has 0 aliphatic carbocycles. The van der Waals surface area contributed by atoms with Gasteiger partial charge in [0.1, 0.15) is 0 Å². The maximum absolute atomic E-state index is 3.50. The van der Waals surface area contributed by atoms with Crippen molar-refractivity contribution in [2.45, 2.75) is 0 Å². The van der Waals surface area contributed by atoms with E-state index < -0.39 is 0 Å². The van der Waals surface area contributed by atoms with E-state index in [9.17, 15) is 0 Å². The molecule has 16 heavy (non-hydrogen) atoms. The lowest BCUT2D eigenvalue weighted by atomic mass is 10.0. The van der Waals surface area contributed by atoms with Crippen molar-refractivity contribution >= 4 is 53.4 Å². The lowest BCUT2D eigenvalue weighted by Gasteiger charge is -2.03. The molecule has 0 aromatic heterocycles. The van der Waals surface area contributed by atoms with Crippen LogP contribution in [0.2, 0.25) is 0 Å². The molecule has 0 aliphatic rings. The van der Waals surface area contributed by atoms with Gasteiger partial charge in [0.15, 0.2) is 0 Å². The van der Waals surface area contributed by atoms with Crippen molar-refractivity contribution in [2.24, 2.45) is 0 Å². The highest BCUT2D eigenvalue weighted by molar-refractivity contribution is 9.10. The van der Waals surface area contributed by atoms with Gasteiger partial charge in [-0.15, -0.1) is 0 Å². The van der Waals surface area contributed by atoms with E-state index in [4.69, 9.17) is 0 Å². The van der Waals surface area contributed by atoms with Crippen LogP contribution in [0.1, 0.15) is 0 Å². The summed E-state index contributed by atoms with van der Waals surface area (Å²) in [6, 6.07) is 17.2. The van der Waals surface area contributed by atoms with Crippen LogP contribution in [0.4, 0.5) is 0 Å². The van der Waals surface area contributed by atoms with E-state index in [1.165, 1.54) is 21.5 Å². The molecule has 0 saturated carbocycles. The molecule has 2 heteroatoms. The molecular formula is C14H8Br2. The number of hydrogen-bond donors (Lipinski definition) is 0. The molecule has 78 valence electrons. The molecule has 3 aromatic rings. The van der Waals surface area contributed by atoms with Gasteiger partial charge in [0.25, 0.3) is 0 Å². The summed E-state index contributed by atoms with van der Waals surface area (Å²) in [7, 11) is 0. The Balaban J connectivity index is 2.44. The van der Waals surface area contributed by atoms with Crippen LogP contribution in [0.5, 0.6) is 0 Å². The van der Waals surface area contributed by atoms with E-state index in [2.05, 4.69) is 80.4 Å². The first-order valence-corrected chi connectivity index (χ1v) is 6.59. The van der Waals surface area contributed by atoms with Crippen LogP contribution in [0, 0.1) is 0 Å². The van der Waals surface area contributed by atoms with Crippen LogP contribution in [-0.2, 0) is 0 Å². The average molecular weight is 336 g/mol. The first kappa shape index (κ1) is 10.3. The Morgan fingerprint density at radius 1 is 0.500 bits per heavy atom. The Morgan fingerprint density at radius 3 is 1.38 bits per heavy atom. The Morgan fingerprint density at radius 2 is 0.938 bits per heavy atom. The summed E-state index contributed by atoms with van der Waals surface area (Å²) in [5.74, 6) is 0. The lowest BCUT2D eigenvalue weighted by Crippen LogP contribution is -1.77. The normalized spacial score (nSPS) is 11.1. The van der Waals surface area contributed by atoms with Crippen molar-refractivity contribution in [1.82, 2.24) is 0 Å². The molecule has 0 spiro atoms. The molecule has 0 heterocycles. The van der Waals surface area contributed by atoms with E-state index in [-0.39, 0.29) is 0 Å². The summed E-state index contributed by atoms with van der Waals surface area (Å²) in [6.07, 6.45) is 0. The van der Waals surface area contributed by atoms with E-state index >= 15 is 0 Å². The van der Waals surface area contributed by atoms with E-state index in [1.807, 2.05) is 0 Å². The highest BCUT2D eigenvalue weighted by Crippen LogP contribution is 2.27. The molecule has 0 saturated heterocycles. The summed E-state index contributed by atoms with van der Waals surface area (Å²) >= 11 is 7.00. The molecule has 3 aromatic carbocycles. The van der Waals surface area contributed by atoms with Crippen LogP contribution >= 0.6 is 31.9 Å². The zero-order valence-corrected chi connectivity index (χ0v) is 11.5. The minimum atomic E-state index is 1.12. The fourth-order valence-corrected chi connectivity index (χ4v) is 2.70. The van der Waals surface area contributed by atoms with Crippen molar-refractivity contribution < 1.29 is 0 Å². The largest absolute Gasteiger partial charge is 0.0532 e. The fourth-order valence-electron chi connectivity index (χ4n) is 1.94. The van der Waals surface area contributed by atoms with Gasteiger partial charge in [-0.25, -0.2) is 0 Å². The number of rotatable bonds is 0. The van der Waals surface area contributed by atoms with Crippen LogP contribution in [0.25, 0.3) is 21.5 Å². The predicted molar refractivity (Wildman–Crippen MR) is 76.9 cm³/mol. The van der Waals surface area contributed by atoms with E-state index in [0.29, 0.717) is 0 Å². The second-order valence-electron chi connectivity index (χ2n) is 3.84. The van der Waals surface area contributed by atoms with Crippen molar-refractivity contribution in [1.29, 1.82) is 0 Å². The minimum absolute atomic E-state index is 1.12. The maximum Gasteiger partial charge on any atom is 0.0181 e. The molecule has 0 radical (unpaired) electrons.